The van der Waals surface area contributed by atoms with Gasteiger partial charge in [0.1, 0.15) is 0 Å². The summed E-state index contributed by atoms with van der Waals surface area (Å²) in [5, 5.41) is 8.94. The van der Waals surface area contributed by atoms with E-state index in [2.05, 4.69) is 0 Å². The van der Waals surface area contributed by atoms with E-state index in [4.69, 9.17) is 23.1 Å². The molecule has 0 spiro atoms. The van der Waals surface area contributed by atoms with Gasteiger partial charge < -0.3 is 23.1 Å². The molecule has 0 saturated carbocycles. The Morgan fingerprint density at radius 2 is 1.48 bits per heavy atom. The molecule has 136 valence electrons. The van der Waals surface area contributed by atoms with Gasteiger partial charge in [0.2, 0.25) is 0 Å². The van der Waals surface area contributed by atoms with Crippen molar-refractivity contribution in [1.29, 1.82) is 0 Å². The van der Waals surface area contributed by atoms with Gasteiger partial charge in [-0.3, -0.25) is 9.59 Å². The SMILES string of the molecule is CCOC(=O)C(CCC[Si](OCC)(OCC)OCC)CC(=O)O. The Balaban J connectivity index is 4.71. The number of ether oxygens (including phenoxy) is 1. The van der Waals surface area contributed by atoms with E-state index in [1.54, 1.807) is 6.92 Å². The first-order valence-electron chi connectivity index (χ1n) is 8.24. The Bertz CT molecular complexity index is 332. The van der Waals surface area contributed by atoms with Crippen molar-refractivity contribution in [2.45, 2.75) is 53.0 Å². The van der Waals surface area contributed by atoms with Crippen LogP contribution in [0.4, 0.5) is 0 Å². The molecule has 0 aliphatic rings. The molecule has 0 aliphatic carbocycles. The predicted molar refractivity (Wildman–Crippen MR) is 87.0 cm³/mol. The minimum Gasteiger partial charge on any atom is -0.481 e. The maximum atomic E-state index is 11.8. The minimum absolute atomic E-state index is 0.231. The molecule has 1 N–H and O–H groups in total. The zero-order chi connectivity index (χ0) is 17.7. The number of rotatable bonds is 14. The van der Waals surface area contributed by atoms with E-state index in [9.17, 15) is 9.59 Å². The Morgan fingerprint density at radius 3 is 1.87 bits per heavy atom. The van der Waals surface area contributed by atoms with Crippen molar-refractivity contribution in [3.05, 3.63) is 0 Å². The summed E-state index contributed by atoms with van der Waals surface area (Å²) in [6.07, 6.45) is 0.765. The summed E-state index contributed by atoms with van der Waals surface area (Å²) >= 11 is 0. The maximum absolute atomic E-state index is 11.8. The van der Waals surface area contributed by atoms with Crippen molar-refractivity contribution in [3.8, 4) is 0 Å². The number of carboxylic acids is 1. The summed E-state index contributed by atoms with van der Waals surface area (Å²) in [4.78, 5) is 22.8. The second-order valence-corrected chi connectivity index (χ2v) is 7.65. The molecule has 23 heavy (non-hydrogen) atoms. The molecule has 0 aliphatic heterocycles. The molecule has 0 aromatic carbocycles. The number of carbonyl (C=O) groups excluding carboxylic acids is 1. The van der Waals surface area contributed by atoms with Crippen LogP contribution in [0.5, 0.6) is 0 Å². The average Bonchev–Trinajstić information content (AvgIpc) is 2.47. The molecule has 1 unspecified atom stereocenters. The smallest absolute Gasteiger partial charge is 0.481 e. The molecule has 1 atom stereocenters. The standard InChI is InChI=1S/C15H30O7Si/c1-5-19-15(18)13(12-14(16)17)10-9-11-23(20-6-2,21-7-3)22-8-4/h13H,5-12H2,1-4H3,(H,16,17). The third-order valence-electron chi connectivity index (χ3n) is 3.17. The molecular weight excluding hydrogens is 320 g/mol. The highest BCUT2D eigenvalue weighted by molar-refractivity contribution is 6.60. The molecule has 0 bridgehead atoms. The van der Waals surface area contributed by atoms with Crippen LogP contribution >= 0.6 is 0 Å². The van der Waals surface area contributed by atoms with Crippen LogP contribution in [0, 0.1) is 5.92 Å². The lowest BCUT2D eigenvalue weighted by Crippen LogP contribution is -2.46. The molecule has 0 aromatic rings. The number of carbonyl (C=O) groups is 2. The van der Waals surface area contributed by atoms with E-state index in [0.29, 0.717) is 38.7 Å². The van der Waals surface area contributed by atoms with Gasteiger partial charge in [0, 0.05) is 25.9 Å². The van der Waals surface area contributed by atoms with Gasteiger partial charge in [0.15, 0.2) is 0 Å². The predicted octanol–water partition coefficient (Wildman–Crippen LogP) is 2.47. The van der Waals surface area contributed by atoms with E-state index in [0.717, 1.165) is 0 Å². The third-order valence-corrected chi connectivity index (χ3v) is 6.32. The van der Waals surface area contributed by atoms with Crippen LogP contribution in [0.2, 0.25) is 6.04 Å². The molecule has 7 nitrogen and oxygen atoms in total. The van der Waals surface area contributed by atoms with Gasteiger partial charge in [0.05, 0.1) is 18.9 Å². The largest absolute Gasteiger partial charge is 0.500 e. The molecule has 0 heterocycles. The Hall–Kier alpha value is -0.963. The summed E-state index contributed by atoms with van der Waals surface area (Å²) in [5.41, 5.74) is 0. The van der Waals surface area contributed by atoms with Crippen molar-refractivity contribution in [2.75, 3.05) is 26.4 Å². The van der Waals surface area contributed by atoms with Gasteiger partial charge >= 0.3 is 20.7 Å². The number of hydrogen-bond donors (Lipinski definition) is 1. The van der Waals surface area contributed by atoms with Crippen LogP contribution in [0.1, 0.15) is 47.0 Å². The number of esters is 1. The quantitative estimate of drug-likeness (QED) is 0.380. The Labute approximate surface area is 139 Å². The summed E-state index contributed by atoms with van der Waals surface area (Å²) in [6, 6.07) is 0.554. The van der Waals surface area contributed by atoms with Crippen molar-refractivity contribution in [1.82, 2.24) is 0 Å². The molecular formula is C15H30O7Si. The fourth-order valence-electron chi connectivity index (χ4n) is 2.34. The Morgan fingerprint density at radius 1 is 0.957 bits per heavy atom. The van der Waals surface area contributed by atoms with Crippen molar-refractivity contribution in [2.24, 2.45) is 5.92 Å². The highest BCUT2D eigenvalue weighted by atomic mass is 28.4. The van der Waals surface area contributed by atoms with Crippen LogP contribution in [0.15, 0.2) is 0 Å². The number of carboxylic acid groups (broad SMARTS) is 1. The van der Waals surface area contributed by atoms with Gasteiger partial charge in [-0.1, -0.05) is 0 Å². The van der Waals surface area contributed by atoms with Crippen LogP contribution < -0.4 is 0 Å². The molecule has 8 heteroatoms. The third kappa shape index (κ3) is 9.04. The average molecular weight is 350 g/mol. The topological polar surface area (TPSA) is 91.3 Å². The summed E-state index contributed by atoms with van der Waals surface area (Å²) in [6.45, 7) is 9.05. The van der Waals surface area contributed by atoms with Gasteiger partial charge in [0.25, 0.3) is 0 Å². The summed E-state index contributed by atoms with van der Waals surface area (Å²) in [7, 11) is -2.76. The van der Waals surface area contributed by atoms with E-state index in [-0.39, 0.29) is 13.0 Å². The highest BCUT2D eigenvalue weighted by Crippen LogP contribution is 2.23. The zero-order valence-electron chi connectivity index (χ0n) is 14.6. The fraction of sp³-hybridized carbons (Fsp3) is 0.867. The lowest BCUT2D eigenvalue weighted by molar-refractivity contribution is -0.153. The normalized spacial score (nSPS) is 12.9. The monoisotopic (exact) mass is 350 g/mol. The highest BCUT2D eigenvalue weighted by Gasteiger charge is 2.40. The molecule has 0 radical (unpaired) electrons. The van der Waals surface area contributed by atoms with E-state index < -0.39 is 26.7 Å². The van der Waals surface area contributed by atoms with Crippen LogP contribution in [0.25, 0.3) is 0 Å². The Kier molecular flexibility index (Phi) is 11.9. The number of hydrogen-bond acceptors (Lipinski definition) is 6. The molecule has 0 amide bonds. The first kappa shape index (κ1) is 22.0. The first-order valence-corrected chi connectivity index (χ1v) is 10.2. The second-order valence-electron chi connectivity index (χ2n) is 4.92. The summed E-state index contributed by atoms with van der Waals surface area (Å²) in [5.74, 6) is -2.12. The zero-order valence-corrected chi connectivity index (χ0v) is 15.6. The van der Waals surface area contributed by atoms with Crippen LogP contribution in [-0.4, -0.2) is 52.3 Å². The number of aliphatic carboxylic acids is 1. The molecule has 0 rings (SSSR count). The van der Waals surface area contributed by atoms with E-state index >= 15 is 0 Å². The molecule has 0 aromatic heterocycles. The second kappa shape index (κ2) is 12.5. The maximum Gasteiger partial charge on any atom is 0.500 e. The van der Waals surface area contributed by atoms with Crippen molar-refractivity contribution in [3.63, 3.8) is 0 Å². The van der Waals surface area contributed by atoms with E-state index in [1.807, 2.05) is 20.8 Å². The fourth-order valence-corrected chi connectivity index (χ4v) is 4.98. The van der Waals surface area contributed by atoms with Gasteiger partial charge in [-0.05, 0) is 40.5 Å². The molecule has 0 fully saturated rings. The van der Waals surface area contributed by atoms with E-state index in [1.165, 1.54) is 0 Å². The lowest BCUT2D eigenvalue weighted by Gasteiger charge is -2.28. The molecule has 0 saturated heterocycles. The van der Waals surface area contributed by atoms with Crippen molar-refractivity contribution >= 4 is 20.7 Å². The van der Waals surface area contributed by atoms with Gasteiger partial charge in [-0.25, -0.2) is 0 Å². The summed E-state index contributed by atoms with van der Waals surface area (Å²) < 4.78 is 22.2. The lowest BCUT2D eigenvalue weighted by atomic mass is 10.0. The van der Waals surface area contributed by atoms with Crippen molar-refractivity contribution < 1.29 is 32.7 Å². The first-order chi connectivity index (χ1) is 10.9. The van der Waals surface area contributed by atoms with Gasteiger partial charge in [-0.15, -0.1) is 0 Å². The van der Waals surface area contributed by atoms with Crippen LogP contribution in [0.3, 0.4) is 0 Å². The van der Waals surface area contributed by atoms with Gasteiger partial charge in [-0.2, -0.15) is 0 Å². The van der Waals surface area contributed by atoms with Crippen LogP contribution in [-0.2, 0) is 27.6 Å². The minimum atomic E-state index is -2.76.